The maximum absolute atomic E-state index is 11.0. The van der Waals surface area contributed by atoms with Gasteiger partial charge in [-0.1, -0.05) is 0 Å². The topological polar surface area (TPSA) is 106 Å². The van der Waals surface area contributed by atoms with Gasteiger partial charge in [0.1, 0.15) is 6.54 Å². The van der Waals surface area contributed by atoms with Crippen LogP contribution in [-0.2, 0) is 4.79 Å². The van der Waals surface area contributed by atoms with Gasteiger partial charge >= 0.3 is 11.7 Å². The summed E-state index contributed by atoms with van der Waals surface area (Å²) in [6.45, 7) is 3.08. The van der Waals surface area contributed by atoms with Crippen LogP contribution in [0.25, 0.3) is 0 Å². The number of aliphatic carboxylic acids is 1. The molecule has 1 N–H and O–H groups in total. The van der Waals surface area contributed by atoms with E-state index in [1.807, 2.05) is 0 Å². The number of hydrogen-bond acceptors (Lipinski definition) is 6. The van der Waals surface area contributed by atoms with Crippen molar-refractivity contribution in [2.75, 3.05) is 18.6 Å². The van der Waals surface area contributed by atoms with Crippen molar-refractivity contribution >= 4 is 17.5 Å². The van der Waals surface area contributed by atoms with Crippen molar-refractivity contribution in [3.63, 3.8) is 0 Å². The van der Waals surface area contributed by atoms with E-state index in [9.17, 15) is 14.9 Å². The minimum absolute atomic E-state index is 0.0123. The Morgan fingerprint density at radius 1 is 1.58 bits per heavy atom. The van der Waals surface area contributed by atoms with E-state index in [0.29, 0.717) is 0 Å². The van der Waals surface area contributed by atoms with E-state index in [1.165, 1.54) is 24.1 Å². The molecule has 0 spiro atoms. The average Bonchev–Trinajstić information content (AvgIpc) is 2.34. The standard InChI is InChI=1S/C11H15N3O5/c1-7(2)13(6-10(15)16)11-8(14(17)18)4-5-9(12-11)19-3/h4-5,7H,6H2,1-3H3,(H,15,16). The van der Waals surface area contributed by atoms with Crippen LogP contribution in [0.3, 0.4) is 0 Å². The molecule has 0 saturated carbocycles. The zero-order chi connectivity index (χ0) is 14.6. The fraction of sp³-hybridized carbons (Fsp3) is 0.455. The summed E-state index contributed by atoms with van der Waals surface area (Å²) < 4.78 is 4.92. The molecule has 0 aliphatic rings. The van der Waals surface area contributed by atoms with Crippen LogP contribution >= 0.6 is 0 Å². The first kappa shape index (κ1) is 14.7. The summed E-state index contributed by atoms with van der Waals surface area (Å²) in [6, 6.07) is 2.36. The number of carbonyl (C=O) groups is 1. The first-order valence-corrected chi connectivity index (χ1v) is 5.54. The molecule has 0 aliphatic carbocycles. The predicted molar refractivity (Wildman–Crippen MR) is 67.6 cm³/mol. The summed E-state index contributed by atoms with van der Waals surface area (Å²) >= 11 is 0. The summed E-state index contributed by atoms with van der Waals surface area (Å²) in [4.78, 5) is 26.6. The van der Waals surface area contributed by atoms with Gasteiger partial charge in [0, 0.05) is 18.2 Å². The maximum Gasteiger partial charge on any atom is 0.323 e. The largest absolute Gasteiger partial charge is 0.481 e. The molecule has 0 unspecified atom stereocenters. The van der Waals surface area contributed by atoms with Crippen molar-refractivity contribution in [3.8, 4) is 5.88 Å². The molecule has 1 aromatic rings. The first-order chi connectivity index (χ1) is 8.86. The lowest BCUT2D eigenvalue weighted by molar-refractivity contribution is -0.384. The number of anilines is 1. The molecule has 8 nitrogen and oxygen atoms in total. The Bertz CT molecular complexity index is 489. The van der Waals surface area contributed by atoms with Crippen LogP contribution in [0.15, 0.2) is 12.1 Å². The van der Waals surface area contributed by atoms with E-state index in [4.69, 9.17) is 9.84 Å². The van der Waals surface area contributed by atoms with Crippen LogP contribution in [0.2, 0.25) is 0 Å². The van der Waals surface area contributed by atoms with Crippen LogP contribution in [-0.4, -0.2) is 40.7 Å². The highest BCUT2D eigenvalue weighted by Gasteiger charge is 2.25. The molecule has 8 heteroatoms. The number of aromatic nitrogens is 1. The Hall–Kier alpha value is -2.38. The van der Waals surface area contributed by atoms with E-state index in [1.54, 1.807) is 13.8 Å². The zero-order valence-corrected chi connectivity index (χ0v) is 10.9. The van der Waals surface area contributed by atoms with Gasteiger partial charge in [-0.05, 0) is 13.8 Å². The fourth-order valence-electron chi connectivity index (χ4n) is 1.54. The Kier molecular flexibility index (Phi) is 4.62. The first-order valence-electron chi connectivity index (χ1n) is 5.54. The molecule has 0 saturated heterocycles. The van der Waals surface area contributed by atoms with Crippen LogP contribution in [0.4, 0.5) is 11.5 Å². The molecule has 1 heterocycles. The summed E-state index contributed by atoms with van der Waals surface area (Å²) in [5.74, 6) is -0.911. The highest BCUT2D eigenvalue weighted by Crippen LogP contribution is 2.29. The number of hydrogen-bond donors (Lipinski definition) is 1. The Balaban J connectivity index is 3.32. The molecule has 0 radical (unpaired) electrons. The van der Waals surface area contributed by atoms with Gasteiger partial charge in [0.25, 0.3) is 0 Å². The molecule has 0 aromatic carbocycles. The molecule has 104 valence electrons. The number of pyridine rings is 1. The lowest BCUT2D eigenvalue weighted by atomic mass is 10.2. The minimum Gasteiger partial charge on any atom is -0.481 e. The van der Waals surface area contributed by atoms with Gasteiger partial charge in [-0.25, -0.2) is 0 Å². The Labute approximate surface area is 109 Å². The fourth-order valence-corrected chi connectivity index (χ4v) is 1.54. The van der Waals surface area contributed by atoms with Gasteiger partial charge in [-0.3, -0.25) is 14.9 Å². The van der Waals surface area contributed by atoms with E-state index in [2.05, 4.69) is 4.98 Å². The van der Waals surface area contributed by atoms with Crippen LogP contribution in [0, 0.1) is 10.1 Å². The van der Waals surface area contributed by atoms with Gasteiger partial charge in [0.15, 0.2) is 0 Å². The van der Waals surface area contributed by atoms with Crippen molar-refractivity contribution in [2.45, 2.75) is 19.9 Å². The molecule has 0 bridgehead atoms. The molecule has 0 atom stereocenters. The van der Waals surface area contributed by atoms with E-state index in [0.717, 1.165) is 0 Å². The zero-order valence-electron chi connectivity index (χ0n) is 10.9. The molecule has 0 fully saturated rings. The molecular formula is C11H15N3O5. The van der Waals surface area contributed by atoms with Crippen LogP contribution in [0.5, 0.6) is 5.88 Å². The second-order valence-electron chi connectivity index (χ2n) is 4.07. The normalized spacial score (nSPS) is 10.3. The predicted octanol–water partition coefficient (Wildman–Crippen LogP) is 1.30. The second kappa shape index (κ2) is 5.98. The average molecular weight is 269 g/mol. The number of ether oxygens (including phenoxy) is 1. The maximum atomic E-state index is 11.0. The second-order valence-corrected chi connectivity index (χ2v) is 4.07. The van der Waals surface area contributed by atoms with Crippen molar-refractivity contribution in [1.29, 1.82) is 0 Å². The third-order valence-corrected chi connectivity index (χ3v) is 2.44. The number of rotatable bonds is 6. The SMILES string of the molecule is COc1ccc([N+](=O)[O-])c(N(CC(=O)O)C(C)C)n1. The van der Waals surface area contributed by atoms with Crippen molar-refractivity contribution in [3.05, 3.63) is 22.2 Å². The molecule has 19 heavy (non-hydrogen) atoms. The molecule has 1 aromatic heterocycles. The Morgan fingerprint density at radius 2 is 2.21 bits per heavy atom. The Morgan fingerprint density at radius 3 is 2.63 bits per heavy atom. The number of methoxy groups -OCH3 is 1. The highest BCUT2D eigenvalue weighted by molar-refractivity contribution is 5.75. The van der Waals surface area contributed by atoms with Crippen molar-refractivity contribution < 1.29 is 19.6 Å². The van der Waals surface area contributed by atoms with Crippen LogP contribution < -0.4 is 9.64 Å². The van der Waals surface area contributed by atoms with Gasteiger partial charge < -0.3 is 14.7 Å². The highest BCUT2D eigenvalue weighted by atomic mass is 16.6. The number of carboxylic acids is 1. The van der Waals surface area contributed by atoms with Crippen LogP contribution in [0.1, 0.15) is 13.8 Å². The summed E-state index contributed by atoms with van der Waals surface area (Å²) in [5, 5.41) is 19.9. The number of nitro groups is 1. The minimum atomic E-state index is -1.09. The number of carboxylic acid groups (broad SMARTS) is 1. The summed E-state index contributed by atoms with van der Waals surface area (Å²) in [5.41, 5.74) is -0.254. The van der Waals surface area contributed by atoms with E-state index in [-0.39, 0.29) is 30.0 Å². The number of nitrogens with zero attached hydrogens (tertiary/aromatic N) is 3. The summed E-state index contributed by atoms with van der Waals surface area (Å²) in [7, 11) is 1.38. The van der Waals surface area contributed by atoms with Crippen molar-refractivity contribution in [1.82, 2.24) is 4.98 Å². The van der Waals surface area contributed by atoms with E-state index >= 15 is 0 Å². The van der Waals surface area contributed by atoms with Gasteiger partial charge in [0.05, 0.1) is 12.0 Å². The van der Waals surface area contributed by atoms with Gasteiger partial charge in [-0.2, -0.15) is 4.98 Å². The smallest absolute Gasteiger partial charge is 0.323 e. The molecular weight excluding hydrogens is 254 g/mol. The molecule has 0 aliphatic heterocycles. The quantitative estimate of drug-likeness (QED) is 0.612. The lowest BCUT2D eigenvalue weighted by Crippen LogP contribution is -2.36. The molecule has 0 amide bonds. The third-order valence-electron chi connectivity index (χ3n) is 2.44. The van der Waals surface area contributed by atoms with Crippen molar-refractivity contribution in [2.24, 2.45) is 0 Å². The van der Waals surface area contributed by atoms with Gasteiger partial charge in [0.2, 0.25) is 11.7 Å². The monoisotopic (exact) mass is 269 g/mol. The van der Waals surface area contributed by atoms with Gasteiger partial charge in [-0.15, -0.1) is 0 Å². The third kappa shape index (κ3) is 3.54. The van der Waals surface area contributed by atoms with E-state index < -0.39 is 10.9 Å². The molecule has 1 rings (SSSR count). The lowest BCUT2D eigenvalue weighted by Gasteiger charge is -2.25. The summed E-state index contributed by atoms with van der Waals surface area (Å²) in [6.07, 6.45) is 0.